The maximum absolute atomic E-state index is 12.5. The Morgan fingerprint density at radius 1 is 1.13 bits per heavy atom. The van der Waals surface area contributed by atoms with Crippen LogP contribution >= 0.6 is 0 Å². The van der Waals surface area contributed by atoms with E-state index in [9.17, 15) is 9.59 Å². The average molecular weight is 406 g/mol. The minimum atomic E-state index is -0.709. The highest BCUT2D eigenvalue weighted by atomic mass is 16.5. The third-order valence-electron chi connectivity index (χ3n) is 5.04. The van der Waals surface area contributed by atoms with E-state index in [1.807, 2.05) is 43.3 Å². The summed E-state index contributed by atoms with van der Waals surface area (Å²) in [5.74, 6) is 1.22. The number of anilines is 2. The smallest absolute Gasteiger partial charge is 0.251 e. The fourth-order valence-electron chi connectivity index (χ4n) is 3.45. The number of nitrogens with zero attached hydrogens (tertiary/aromatic N) is 2. The minimum Gasteiger partial charge on any atom is -0.493 e. The van der Waals surface area contributed by atoms with Crippen LogP contribution in [0.5, 0.6) is 11.5 Å². The number of ether oxygens (including phenoxy) is 2. The van der Waals surface area contributed by atoms with Crippen molar-refractivity contribution in [1.82, 2.24) is 9.78 Å². The van der Waals surface area contributed by atoms with Crippen molar-refractivity contribution in [2.75, 3.05) is 24.9 Å². The fourth-order valence-corrected chi connectivity index (χ4v) is 3.45. The molecule has 1 unspecified atom stereocenters. The molecule has 0 spiro atoms. The van der Waals surface area contributed by atoms with Gasteiger partial charge in [-0.25, -0.2) is 4.68 Å². The second-order valence-corrected chi connectivity index (χ2v) is 7.04. The van der Waals surface area contributed by atoms with E-state index in [4.69, 9.17) is 9.47 Å². The van der Waals surface area contributed by atoms with Crippen molar-refractivity contribution in [3.63, 3.8) is 0 Å². The van der Waals surface area contributed by atoms with Gasteiger partial charge in [-0.15, -0.1) is 0 Å². The summed E-state index contributed by atoms with van der Waals surface area (Å²) in [6, 6.07) is 12.3. The SMILES string of the molecule is COc1ccc(-c2cnn3c2NC(=O)C3CC(=O)Nc2ccc(C)cc2)cc1OC. The molecule has 0 saturated carbocycles. The summed E-state index contributed by atoms with van der Waals surface area (Å²) in [6.45, 7) is 1.98. The fraction of sp³-hybridized carbons (Fsp3) is 0.227. The van der Waals surface area contributed by atoms with Crippen LogP contribution in [-0.4, -0.2) is 35.8 Å². The van der Waals surface area contributed by atoms with E-state index in [-0.39, 0.29) is 18.2 Å². The first-order chi connectivity index (χ1) is 14.5. The van der Waals surface area contributed by atoms with Gasteiger partial charge in [0.1, 0.15) is 11.9 Å². The molecule has 2 N–H and O–H groups in total. The quantitative estimate of drug-likeness (QED) is 0.654. The second kappa shape index (κ2) is 7.90. The normalized spacial score (nSPS) is 14.8. The van der Waals surface area contributed by atoms with Gasteiger partial charge in [-0.3, -0.25) is 9.59 Å². The number of hydrogen-bond donors (Lipinski definition) is 2. The van der Waals surface area contributed by atoms with E-state index in [1.165, 1.54) is 0 Å². The average Bonchev–Trinajstić information content (AvgIpc) is 3.28. The van der Waals surface area contributed by atoms with Crippen molar-refractivity contribution < 1.29 is 19.1 Å². The van der Waals surface area contributed by atoms with Crippen molar-refractivity contribution in [1.29, 1.82) is 0 Å². The monoisotopic (exact) mass is 406 g/mol. The number of methoxy groups -OCH3 is 2. The Hall–Kier alpha value is -3.81. The van der Waals surface area contributed by atoms with Crippen LogP contribution in [0.2, 0.25) is 0 Å². The number of hydrogen-bond acceptors (Lipinski definition) is 5. The van der Waals surface area contributed by atoms with Crippen molar-refractivity contribution in [2.45, 2.75) is 19.4 Å². The highest BCUT2D eigenvalue weighted by Gasteiger charge is 2.35. The van der Waals surface area contributed by atoms with E-state index in [2.05, 4.69) is 15.7 Å². The molecule has 1 aliphatic heterocycles. The number of fused-ring (bicyclic) bond motifs is 1. The van der Waals surface area contributed by atoms with Crippen LogP contribution in [0, 0.1) is 6.92 Å². The zero-order valence-electron chi connectivity index (χ0n) is 16.9. The number of benzene rings is 2. The number of carbonyl (C=O) groups excluding carboxylic acids is 2. The molecule has 4 rings (SSSR count). The van der Waals surface area contributed by atoms with Crippen molar-refractivity contribution in [3.8, 4) is 22.6 Å². The van der Waals surface area contributed by atoms with Gasteiger partial charge >= 0.3 is 0 Å². The van der Waals surface area contributed by atoms with Crippen LogP contribution in [0.1, 0.15) is 18.0 Å². The summed E-state index contributed by atoms with van der Waals surface area (Å²) in [6.07, 6.45) is 1.65. The van der Waals surface area contributed by atoms with Crippen LogP contribution < -0.4 is 20.1 Å². The molecule has 2 aromatic carbocycles. The lowest BCUT2D eigenvalue weighted by Gasteiger charge is -2.10. The molecule has 30 heavy (non-hydrogen) atoms. The van der Waals surface area contributed by atoms with E-state index >= 15 is 0 Å². The molecule has 8 nitrogen and oxygen atoms in total. The Bertz CT molecular complexity index is 1100. The first kappa shape index (κ1) is 19.5. The summed E-state index contributed by atoms with van der Waals surface area (Å²) in [4.78, 5) is 25.0. The van der Waals surface area contributed by atoms with E-state index in [0.717, 1.165) is 16.7 Å². The third kappa shape index (κ3) is 3.59. The van der Waals surface area contributed by atoms with Crippen LogP contribution in [-0.2, 0) is 9.59 Å². The molecule has 1 atom stereocenters. The van der Waals surface area contributed by atoms with Crippen molar-refractivity contribution >= 4 is 23.3 Å². The van der Waals surface area contributed by atoms with Crippen LogP contribution in [0.4, 0.5) is 11.5 Å². The summed E-state index contributed by atoms with van der Waals surface area (Å²) in [5, 5.41) is 10.0. The van der Waals surface area contributed by atoms with Crippen LogP contribution in [0.25, 0.3) is 11.1 Å². The maximum Gasteiger partial charge on any atom is 0.251 e. The highest BCUT2D eigenvalue weighted by molar-refractivity contribution is 6.04. The standard InChI is InChI=1S/C22H22N4O4/c1-13-4-7-15(8-5-13)24-20(27)11-17-22(28)25-21-16(12-23-26(17)21)14-6-9-18(29-2)19(10-14)30-3/h4-10,12,17H,11H2,1-3H3,(H,24,27)(H,25,28). The van der Waals surface area contributed by atoms with Gasteiger partial charge in [-0.1, -0.05) is 23.8 Å². The van der Waals surface area contributed by atoms with E-state index in [0.29, 0.717) is 23.0 Å². The summed E-state index contributed by atoms with van der Waals surface area (Å²) in [7, 11) is 3.14. The molecular formula is C22H22N4O4. The number of amides is 2. The second-order valence-electron chi connectivity index (χ2n) is 7.04. The lowest BCUT2D eigenvalue weighted by molar-refractivity contribution is -0.123. The lowest BCUT2D eigenvalue weighted by atomic mass is 10.1. The zero-order valence-corrected chi connectivity index (χ0v) is 16.9. The number of aryl methyl sites for hydroxylation is 1. The third-order valence-corrected chi connectivity index (χ3v) is 5.04. The van der Waals surface area contributed by atoms with Gasteiger partial charge in [-0.05, 0) is 36.8 Å². The van der Waals surface area contributed by atoms with Gasteiger partial charge < -0.3 is 20.1 Å². The molecule has 2 amide bonds. The van der Waals surface area contributed by atoms with Crippen molar-refractivity contribution in [2.24, 2.45) is 0 Å². The van der Waals surface area contributed by atoms with E-state index in [1.54, 1.807) is 31.2 Å². The van der Waals surface area contributed by atoms with Gasteiger partial charge in [0.15, 0.2) is 11.5 Å². The molecule has 0 radical (unpaired) electrons. The van der Waals surface area contributed by atoms with Gasteiger partial charge in [0.2, 0.25) is 5.91 Å². The Labute approximate surface area is 173 Å². The largest absolute Gasteiger partial charge is 0.493 e. The predicted octanol–water partition coefficient (Wildman–Crippen LogP) is 3.40. The molecule has 0 bridgehead atoms. The van der Waals surface area contributed by atoms with Gasteiger partial charge in [-0.2, -0.15) is 5.10 Å². The molecule has 2 heterocycles. The molecule has 8 heteroatoms. The maximum atomic E-state index is 12.5. The zero-order chi connectivity index (χ0) is 21.3. The highest BCUT2D eigenvalue weighted by Crippen LogP contribution is 2.39. The van der Waals surface area contributed by atoms with Gasteiger partial charge in [0.05, 0.1) is 26.8 Å². The molecule has 154 valence electrons. The first-order valence-electron chi connectivity index (χ1n) is 9.47. The Balaban J connectivity index is 1.55. The predicted molar refractivity (Wildman–Crippen MR) is 113 cm³/mol. The molecule has 0 saturated heterocycles. The Morgan fingerprint density at radius 2 is 1.87 bits per heavy atom. The Morgan fingerprint density at radius 3 is 2.57 bits per heavy atom. The molecule has 1 aromatic heterocycles. The van der Waals surface area contributed by atoms with E-state index < -0.39 is 6.04 Å². The van der Waals surface area contributed by atoms with Crippen LogP contribution in [0.15, 0.2) is 48.7 Å². The summed E-state index contributed by atoms with van der Waals surface area (Å²) < 4.78 is 12.2. The molecule has 0 fully saturated rings. The lowest BCUT2D eigenvalue weighted by Crippen LogP contribution is -2.23. The first-order valence-corrected chi connectivity index (χ1v) is 9.47. The number of aromatic nitrogens is 2. The van der Waals surface area contributed by atoms with Gasteiger partial charge in [0.25, 0.3) is 5.91 Å². The summed E-state index contributed by atoms with van der Waals surface area (Å²) >= 11 is 0. The molecule has 0 aliphatic carbocycles. The topological polar surface area (TPSA) is 94.5 Å². The summed E-state index contributed by atoms with van der Waals surface area (Å²) in [5.41, 5.74) is 3.35. The molecule has 3 aromatic rings. The number of rotatable bonds is 6. The molecule has 1 aliphatic rings. The van der Waals surface area contributed by atoms with Crippen molar-refractivity contribution in [3.05, 3.63) is 54.2 Å². The van der Waals surface area contributed by atoms with Gasteiger partial charge in [0, 0.05) is 11.3 Å². The van der Waals surface area contributed by atoms with Crippen LogP contribution in [0.3, 0.4) is 0 Å². The Kier molecular flexibility index (Phi) is 5.14. The molecular weight excluding hydrogens is 384 g/mol. The number of carbonyl (C=O) groups is 2. The number of nitrogens with one attached hydrogen (secondary N) is 2. The minimum absolute atomic E-state index is 0.0141.